The van der Waals surface area contributed by atoms with Gasteiger partial charge in [-0.2, -0.15) is 0 Å². The molecular formula is C18H21FN2O3. The Morgan fingerprint density at radius 1 is 1.29 bits per heavy atom. The van der Waals surface area contributed by atoms with Gasteiger partial charge in [0.1, 0.15) is 5.82 Å². The monoisotopic (exact) mass is 332 g/mol. The molecule has 1 fully saturated rings. The normalized spacial score (nSPS) is 21.8. The van der Waals surface area contributed by atoms with Crippen LogP contribution in [0.2, 0.25) is 0 Å². The number of aliphatic hydroxyl groups is 1. The first-order valence-corrected chi connectivity index (χ1v) is 8.22. The Bertz CT molecular complexity index is 695. The number of hydrogen-bond donors (Lipinski definition) is 1. The number of hydrogen-bond acceptors (Lipinski definition) is 4. The summed E-state index contributed by atoms with van der Waals surface area (Å²) in [6.45, 7) is 4.36. The molecule has 1 saturated heterocycles. The van der Waals surface area contributed by atoms with Crippen LogP contribution in [0.3, 0.4) is 0 Å². The standard InChI is InChI=1S/C18H21FN2O3/c1-12(22)15-16(13-5-4-6-14(19)11-13)21(18(24)17(15)23)10-9-20-7-2-3-8-20/h4-6,11,16,23H,2-3,7-10H2,1H3. The van der Waals surface area contributed by atoms with Gasteiger partial charge in [0, 0.05) is 13.1 Å². The van der Waals surface area contributed by atoms with Gasteiger partial charge in [-0.25, -0.2) is 4.39 Å². The van der Waals surface area contributed by atoms with Gasteiger partial charge in [0.05, 0.1) is 11.6 Å². The average Bonchev–Trinajstić information content (AvgIpc) is 3.13. The van der Waals surface area contributed by atoms with Crippen LogP contribution in [0, 0.1) is 5.82 Å². The van der Waals surface area contributed by atoms with E-state index in [9.17, 15) is 19.1 Å². The highest BCUT2D eigenvalue weighted by Crippen LogP contribution is 2.37. The molecule has 0 radical (unpaired) electrons. The molecule has 128 valence electrons. The van der Waals surface area contributed by atoms with E-state index in [0.717, 1.165) is 25.9 Å². The lowest BCUT2D eigenvalue weighted by molar-refractivity contribution is -0.129. The molecule has 1 N–H and O–H groups in total. The number of carbonyl (C=O) groups excluding carboxylic acids is 2. The average molecular weight is 332 g/mol. The maximum absolute atomic E-state index is 13.6. The lowest BCUT2D eigenvalue weighted by atomic mass is 9.96. The molecule has 6 heteroatoms. The van der Waals surface area contributed by atoms with E-state index < -0.39 is 23.5 Å². The number of aliphatic hydroxyl groups excluding tert-OH is 1. The third-order valence-corrected chi connectivity index (χ3v) is 4.70. The summed E-state index contributed by atoms with van der Waals surface area (Å²) >= 11 is 0. The van der Waals surface area contributed by atoms with Gasteiger partial charge in [0.15, 0.2) is 11.5 Å². The number of Topliss-reactive ketones (excluding diaryl/α,β-unsaturated/α-hetero) is 1. The maximum atomic E-state index is 13.6. The van der Waals surface area contributed by atoms with Crippen molar-refractivity contribution >= 4 is 11.7 Å². The van der Waals surface area contributed by atoms with Gasteiger partial charge in [0.25, 0.3) is 5.91 Å². The van der Waals surface area contributed by atoms with E-state index in [-0.39, 0.29) is 11.4 Å². The molecular weight excluding hydrogens is 311 g/mol. The summed E-state index contributed by atoms with van der Waals surface area (Å²) in [5, 5.41) is 10.2. The van der Waals surface area contributed by atoms with E-state index in [1.807, 2.05) is 0 Å². The Labute approximate surface area is 140 Å². The zero-order valence-electron chi connectivity index (χ0n) is 13.7. The first-order valence-electron chi connectivity index (χ1n) is 8.22. The number of likely N-dealkylation sites (tertiary alicyclic amines) is 1. The van der Waals surface area contributed by atoms with Gasteiger partial charge in [-0.1, -0.05) is 12.1 Å². The van der Waals surface area contributed by atoms with Gasteiger partial charge in [0.2, 0.25) is 0 Å². The van der Waals surface area contributed by atoms with Crippen LogP contribution in [0.5, 0.6) is 0 Å². The Kier molecular flexibility index (Phi) is 4.66. The van der Waals surface area contributed by atoms with Crippen molar-refractivity contribution in [3.63, 3.8) is 0 Å². The summed E-state index contributed by atoms with van der Waals surface area (Å²) in [6.07, 6.45) is 2.28. The number of carbonyl (C=O) groups is 2. The van der Waals surface area contributed by atoms with Crippen molar-refractivity contribution < 1.29 is 19.1 Å². The fourth-order valence-electron chi connectivity index (χ4n) is 3.52. The van der Waals surface area contributed by atoms with Gasteiger partial charge in [-0.15, -0.1) is 0 Å². The van der Waals surface area contributed by atoms with Gasteiger partial charge in [-0.05, 0) is 50.6 Å². The predicted octanol–water partition coefficient (Wildman–Crippen LogP) is 2.21. The molecule has 0 aliphatic carbocycles. The van der Waals surface area contributed by atoms with Crippen molar-refractivity contribution in [1.82, 2.24) is 9.80 Å². The number of amides is 1. The minimum Gasteiger partial charge on any atom is -0.503 e. The van der Waals surface area contributed by atoms with Crippen molar-refractivity contribution in [1.29, 1.82) is 0 Å². The quantitative estimate of drug-likeness (QED) is 0.898. The van der Waals surface area contributed by atoms with Crippen LogP contribution in [-0.2, 0) is 9.59 Å². The first-order chi connectivity index (χ1) is 11.5. The summed E-state index contributed by atoms with van der Waals surface area (Å²) in [6, 6.07) is 5.11. The Hall–Kier alpha value is -2.21. The third-order valence-electron chi connectivity index (χ3n) is 4.70. The number of halogens is 1. The van der Waals surface area contributed by atoms with E-state index in [1.165, 1.54) is 24.0 Å². The highest BCUT2D eigenvalue weighted by Gasteiger charge is 2.42. The highest BCUT2D eigenvalue weighted by atomic mass is 19.1. The largest absolute Gasteiger partial charge is 0.503 e. The van der Waals surface area contributed by atoms with Gasteiger partial charge in [-0.3, -0.25) is 9.59 Å². The summed E-state index contributed by atoms with van der Waals surface area (Å²) < 4.78 is 13.6. The van der Waals surface area contributed by atoms with Crippen LogP contribution in [0.25, 0.3) is 0 Å². The van der Waals surface area contributed by atoms with E-state index in [1.54, 1.807) is 12.1 Å². The molecule has 1 atom stereocenters. The second-order valence-electron chi connectivity index (χ2n) is 6.32. The predicted molar refractivity (Wildman–Crippen MR) is 86.9 cm³/mol. The lowest BCUT2D eigenvalue weighted by Gasteiger charge is -2.28. The fraction of sp³-hybridized carbons (Fsp3) is 0.444. The molecule has 2 aliphatic heterocycles. The van der Waals surface area contributed by atoms with Crippen molar-refractivity contribution in [3.05, 3.63) is 47.0 Å². The van der Waals surface area contributed by atoms with E-state index >= 15 is 0 Å². The van der Waals surface area contributed by atoms with E-state index in [0.29, 0.717) is 18.7 Å². The van der Waals surface area contributed by atoms with Crippen LogP contribution >= 0.6 is 0 Å². The fourth-order valence-corrected chi connectivity index (χ4v) is 3.52. The summed E-state index contributed by atoms with van der Waals surface area (Å²) in [7, 11) is 0. The van der Waals surface area contributed by atoms with Gasteiger partial charge >= 0.3 is 0 Å². The molecule has 2 aliphatic rings. The van der Waals surface area contributed by atoms with Crippen molar-refractivity contribution in [2.24, 2.45) is 0 Å². The van der Waals surface area contributed by atoms with Crippen LogP contribution in [-0.4, -0.2) is 52.8 Å². The number of ketones is 1. The smallest absolute Gasteiger partial charge is 0.290 e. The van der Waals surface area contributed by atoms with Crippen molar-refractivity contribution in [2.45, 2.75) is 25.8 Å². The van der Waals surface area contributed by atoms with Crippen LogP contribution in [0.15, 0.2) is 35.6 Å². The molecule has 1 unspecified atom stereocenters. The minimum absolute atomic E-state index is 0.0482. The molecule has 0 saturated carbocycles. The van der Waals surface area contributed by atoms with Crippen molar-refractivity contribution in [2.75, 3.05) is 26.2 Å². The third kappa shape index (κ3) is 3.06. The SMILES string of the molecule is CC(=O)C1=C(O)C(=O)N(CCN2CCCC2)C1c1cccc(F)c1. The maximum Gasteiger partial charge on any atom is 0.290 e. The topological polar surface area (TPSA) is 60.9 Å². The molecule has 1 amide bonds. The zero-order chi connectivity index (χ0) is 17.3. The number of nitrogens with zero attached hydrogens (tertiary/aromatic N) is 2. The summed E-state index contributed by atoms with van der Waals surface area (Å²) in [5.41, 5.74) is 0.547. The molecule has 0 bridgehead atoms. The van der Waals surface area contributed by atoms with Crippen molar-refractivity contribution in [3.8, 4) is 0 Å². The Balaban J connectivity index is 1.90. The Morgan fingerprint density at radius 3 is 2.62 bits per heavy atom. The summed E-state index contributed by atoms with van der Waals surface area (Å²) in [4.78, 5) is 28.1. The zero-order valence-corrected chi connectivity index (χ0v) is 13.7. The number of benzene rings is 1. The molecule has 1 aromatic rings. The highest BCUT2D eigenvalue weighted by molar-refractivity contribution is 6.08. The molecule has 0 aromatic heterocycles. The van der Waals surface area contributed by atoms with E-state index in [4.69, 9.17) is 0 Å². The van der Waals surface area contributed by atoms with Crippen LogP contribution in [0.1, 0.15) is 31.4 Å². The Morgan fingerprint density at radius 2 is 2.00 bits per heavy atom. The van der Waals surface area contributed by atoms with Crippen LogP contribution in [0.4, 0.5) is 4.39 Å². The first kappa shape index (κ1) is 16.6. The molecule has 3 rings (SSSR count). The second-order valence-corrected chi connectivity index (χ2v) is 6.32. The summed E-state index contributed by atoms with van der Waals surface area (Å²) in [5.74, 6) is -1.89. The minimum atomic E-state index is -0.728. The van der Waals surface area contributed by atoms with Crippen LogP contribution < -0.4 is 0 Å². The lowest BCUT2D eigenvalue weighted by Crippen LogP contribution is -2.37. The number of rotatable bonds is 5. The molecule has 2 heterocycles. The second kappa shape index (κ2) is 6.73. The van der Waals surface area contributed by atoms with E-state index in [2.05, 4.69) is 4.90 Å². The van der Waals surface area contributed by atoms with Gasteiger partial charge < -0.3 is 14.9 Å². The molecule has 1 aromatic carbocycles. The molecule has 24 heavy (non-hydrogen) atoms. The molecule has 0 spiro atoms. The molecule has 5 nitrogen and oxygen atoms in total.